The maximum atomic E-state index is 12.5. The third-order valence-corrected chi connectivity index (χ3v) is 3.99. The second-order valence-corrected chi connectivity index (χ2v) is 6.72. The normalized spacial score (nSPS) is 10.4. The summed E-state index contributed by atoms with van der Waals surface area (Å²) in [6.07, 6.45) is 0.0791. The van der Waals surface area contributed by atoms with Crippen LogP contribution in [0, 0.1) is 0 Å². The predicted octanol–water partition coefficient (Wildman–Crippen LogP) is 4.05. The highest BCUT2D eigenvalue weighted by Gasteiger charge is 2.13. The Bertz CT molecular complexity index is 970. The summed E-state index contributed by atoms with van der Waals surface area (Å²) >= 11 is 0. The molecule has 2 N–H and O–H groups in total. The van der Waals surface area contributed by atoms with E-state index in [0.717, 1.165) is 11.3 Å². The van der Waals surface area contributed by atoms with E-state index in [9.17, 15) is 9.59 Å². The lowest BCUT2D eigenvalue weighted by Gasteiger charge is -2.11. The third kappa shape index (κ3) is 5.90. The zero-order chi connectivity index (χ0) is 20.6. The quantitative estimate of drug-likeness (QED) is 0.639. The van der Waals surface area contributed by atoms with E-state index < -0.39 is 0 Å². The number of rotatable bonds is 7. The molecule has 148 valence electrons. The Balaban J connectivity index is 1.62. The van der Waals surface area contributed by atoms with Gasteiger partial charge in [0, 0.05) is 12.2 Å². The number of ether oxygens (including phenoxy) is 1. The van der Waals surface area contributed by atoms with E-state index in [0.29, 0.717) is 12.2 Å². The van der Waals surface area contributed by atoms with Gasteiger partial charge in [0.25, 0.3) is 11.8 Å². The fourth-order valence-corrected chi connectivity index (χ4v) is 2.64. The zero-order valence-corrected chi connectivity index (χ0v) is 16.4. The molecule has 0 aliphatic heterocycles. The van der Waals surface area contributed by atoms with Gasteiger partial charge in [-0.05, 0) is 55.8 Å². The van der Waals surface area contributed by atoms with Gasteiger partial charge in [-0.2, -0.15) is 0 Å². The summed E-state index contributed by atoms with van der Waals surface area (Å²) in [4.78, 5) is 29.0. The van der Waals surface area contributed by atoms with Crippen LogP contribution in [-0.4, -0.2) is 22.9 Å². The van der Waals surface area contributed by atoms with Crippen molar-refractivity contribution in [1.29, 1.82) is 0 Å². The molecule has 0 fully saturated rings. The number of aromatic nitrogens is 1. The molecule has 1 aromatic heterocycles. The number of carbonyl (C=O) groups is 2. The smallest absolute Gasteiger partial charge is 0.274 e. The molecule has 0 aliphatic carbocycles. The molecule has 0 spiro atoms. The van der Waals surface area contributed by atoms with Crippen LogP contribution in [0.5, 0.6) is 5.75 Å². The summed E-state index contributed by atoms with van der Waals surface area (Å²) in [7, 11) is 0. The summed E-state index contributed by atoms with van der Waals surface area (Å²) in [5.74, 6) is 0.00661. The highest BCUT2D eigenvalue weighted by molar-refractivity contribution is 6.03. The van der Waals surface area contributed by atoms with Crippen molar-refractivity contribution >= 4 is 17.5 Å². The van der Waals surface area contributed by atoms with Gasteiger partial charge in [-0.15, -0.1) is 0 Å². The summed E-state index contributed by atoms with van der Waals surface area (Å²) in [6.45, 7) is 4.29. The fourth-order valence-electron chi connectivity index (χ4n) is 2.64. The summed E-state index contributed by atoms with van der Waals surface area (Å²) in [6, 6.07) is 21.5. The second-order valence-electron chi connectivity index (χ2n) is 6.72. The minimum Gasteiger partial charge on any atom is -0.491 e. The van der Waals surface area contributed by atoms with Crippen molar-refractivity contribution in [2.45, 2.75) is 26.5 Å². The lowest BCUT2D eigenvalue weighted by atomic mass is 10.2. The highest BCUT2D eigenvalue weighted by Crippen LogP contribution is 2.17. The Hall–Kier alpha value is -3.67. The number of hydrogen-bond donors (Lipinski definition) is 2. The first-order chi connectivity index (χ1) is 14.0. The first-order valence-corrected chi connectivity index (χ1v) is 9.38. The van der Waals surface area contributed by atoms with Crippen LogP contribution in [0.15, 0.2) is 72.8 Å². The van der Waals surface area contributed by atoms with Crippen molar-refractivity contribution < 1.29 is 14.3 Å². The Morgan fingerprint density at radius 1 is 0.862 bits per heavy atom. The van der Waals surface area contributed by atoms with Gasteiger partial charge in [0.1, 0.15) is 17.1 Å². The summed E-state index contributed by atoms with van der Waals surface area (Å²) < 4.78 is 5.59. The summed E-state index contributed by atoms with van der Waals surface area (Å²) in [5, 5.41) is 5.58. The molecule has 1 heterocycles. The zero-order valence-electron chi connectivity index (χ0n) is 16.4. The van der Waals surface area contributed by atoms with E-state index in [1.807, 2.05) is 44.2 Å². The highest BCUT2D eigenvalue weighted by atomic mass is 16.5. The first-order valence-electron chi connectivity index (χ1n) is 9.38. The molecule has 2 aromatic carbocycles. The average Bonchev–Trinajstić information content (AvgIpc) is 2.74. The maximum Gasteiger partial charge on any atom is 0.274 e. The molecular weight excluding hydrogens is 366 g/mol. The van der Waals surface area contributed by atoms with Crippen LogP contribution in [0.2, 0.25) is 0 Å². The molecule has 0 saturated heterocycles. The number of nitrogens with one attached hydrogen (secondary N) is 2. The minimum atomic E-state index is -0.389. The minimum absolute atomic E-state index is 0.0791. The van der Waals surface area contributed by atoms with Crippen molar-refractivity contribution in [3.8, 4) is 5.75 Å². The van der Waals surface area contributed by atoms with Crippen molar-refractivity contribution in [2.24, 2.45) is 0 Å². The summed E-state index contributed by atoms with van der Waals surface area (Å²) in [5.41, 5.74) is 1.96. The molecule has 6 nitrogen and oxygen atoms in total. The van der Waals surface area contributed by atoms with Crippen LogP contribution in [0.1, 0.15) is 40.4 Å². The molecule has 29 heavy (non-hydrogen) atoms. The van der Waals surface area contributed by atoms with Gasteiger partial charge in [-0.1, -0.05) is 36.4 Å². The molecule has 2 amide bonds. The van der Waals surface area contributed by atoms with E-state index >= 15 is 0 Å². The van der Waals surface area contributed by atoms with E-state index in [1.165, 1.54) is 0 Å². The van der Waals surface area contributed by atoms with Gasteiger partial charge < -0.3 is 15.4 Å². The SMILES string of the molecule is CC(C)Oc1ccc(NC(=O)c2cccc(C(=O)NCc3ccccc3)n2)cc1. The molecule has 0 unspecified atom stereocenters. The number of pyridine rings is 1. The first kappa shape index (κ1) is 20.1. The molecule has 0 radical (unpaired) electrons. The van der Waals surface area contributed by atoms with Crippen molar-refractivity contribution in [3.05, 3.63) is 89.7 Å². The monoisotopic (exact) mass is 389 g/mol. The fraction of sp³-hybridized carbons (Fsp3) is 0.174. The number of benzene rings is 2. The lowest BCUT2D eigenvalue weighted by molar-refractivity contribution is 0.0945. The number of amides is 2. The van der Waals surface area contributed by atoms with Gasteiger partial charge in [0.2, 0.25) is 0 Å². The molecular formula is C23H23N3O3. The van der Waals surface area contributed by atoms with Gasteiger partial charge in [-0.3, -0.25) is 9.59 Å². The molecule has 3 rings (SSSR count). The Morgan fingerprint density at radius 3 is 2.17 bits per heavy atom. The molecule has 3 aromatic rings. The van der Waals surface area contributed by atoms with Crippen molar-refractivity contribution in [3.63, 3.8) is 0 Å². The van der Waals surface area contributed by atoms with Gasteiger partial charge in [0.05, 0.1) is 6.10 Å². The van der Waals surface area contributed by atoms with E-state index in [1.54, 1.807) is 42.5 Å². The molecule has 6 heteroatoms. The predicted molar refractivity (Wildman–Crippen MR) is 112 cm³/mol. The Kier molecular flexibility index (Phi) is 6.58. The van der Waals surface area contributed by atoms with Crippen molar-refractivity contribution in [2.75, 3.05) is 5.32 Å². The molecule has 0 atom stereocenters. The van der Waals surface area contributed by atoms with Gasteiger partial charge >= 0.3 is 0 Å². The lowest BCUT2D eigenvalue weighted by Crippen LogP contribution is -2.25. The van der Waals surface area contributed by atoms with Crippen molar-refractivity contribution in [1.82, 2.24) is 10.3 Å². The largest absolute Gasteiger partial charge is 0.491 e. The molecule has 0 aliphatic rings. The van der Waals surface area contributed by atoms with E-state index in [2.05, 4.69) is 15.6 Å². The van der Waals surface area contributed by atoms with Crippen LogP contribution in [0.4, 0.5) is 5.69 Å². The topological polar surface area (TPSA) is 80.3 Å². The van der Waals surface area contributed by atoms with Crippen LogP contribution < -0.4 is 15.4 Å². The number of anilines is 1. The van der Waals surface area contributed by atoms with Crippen LogP contribution >= 0.6 is 0 Å². The van der Waals surface area contributed by atoms with Gasteiger partial charge in [-0.25, -0.2) is 4.98 Å². The standard InChI is InChI=1S/C23H23N3O3/c1-16(2)29-19-13-11-18(12-14-19)25-23(28)21-10-6-9-20(26-21)22(27)24-15-17-7-4-3-5-8-17/h3-14,16H,15H2,1-2H3,(H,24,27)(H,25,28). The number of nitrogens with zero attached hydrogens (tertiary/aromatic N) is 1. The van der Waals surface area contributed by atoms with E-state index in [-0.39, 0.29) is 29.3 Å². The third-order valence-electron chi connectivity index (χ3n) is 3.99. The second kappa shape index (κ2) is 9.50. The molecule has 0 saturated carbocycles. The average molecular weight is 389 g/mol. The van der Waals surface area contributed by atoms with Gasteiger partial charge in [0.15, 0.2) is 0 Å². The molecule has 0 bridgehead atoms. The Morgan fingerprint density at radius 2 is 1.52 bits per heavy atom. The van der Waals surface area contributed by atoms with Crippen LogP contribution in [-0.2, 0) is 6.54 Å². The van der Waals surface area contributed by atoms with Crippen LogP contribution in [0.25, 0.3) is 0 Å². The maximum absolute atomic E-state index is 12.5. The van der Waals surface area contributed by atoms with Crippen LogP contribution in [0.3, 0.4) is 0 Å². The number of hydrogen-bond acceptors (Lipinski definition) is 4. The Labute approximate surface area is 169 Å². The van der Waals surface area contributed by atoms with E-state index in [4.69, 9.17) is 4.74 Å². The number of carbonyl (C=O) groups excluding carboxylic acids is 2.